The molecule has 0 spiro atoms. The van der Waals surface area contributed by atoms with Crippen LogP contribution in [0, 0.1) is 11.3 Å². The number of benzene rings is 2. The van der Waals surface area contributed by atoms with Gasteiger partial charge in [-0.1, -0.05) is 12.1 Å². The predicted octanol–water partition coefficient (Wildman–Crippen LogP) is 2.81. The largest absolute Gasteiger partial charge is 0.493 e. The number of hydrogen-bond donors (Lipinski definition) is 2. The molecule has 1 aliphatic rings. The van der Waals surface area contributed by atoms with E-state index in [2.05, 4.69) is 10.6 Å². The molecule has 0 bridgehead atoms. The predicted molar refractivity (Wildman–Crippen MR) is 109 cm³/mol. The van der Waals surface area contributed by atoms with E-state index in [4.69, 9.17) is 18.9 Å². The van der Waals surface area contributed by atoms with Crippen LogP contribution in [0.5, 0.6) is 23.0 Å². The lowest BCUT2D eigenvalue weighted by molar-refractivity contribution is -0.117. The van der Waals surface area contributed by atoms with E-state index < -0.39 is 5.91 Å². The summed E-state index contributed by atoms with van der Waals surface area (Å²) >= 11 is 0. The second-order valence-corrected chi connectivity index (χ2v) is 6.54. The SMILES string of the molecule is COc1ccc(C(C)N/C=C(/C#N)C(=O)NCc2ccc3c(c2)OCO3)cc1OC. The molecule has 1 aliphatic heterocycles. The molecule has 8 heteroatoms. The van der Waals surface area contributed by atoms with Gasteiger partial charge in [0.1, 0.15) is 11.6 Å². The molecule has 30 heavy (non-hydrogen) atoms. The smallest absolute Gasteiger partial charge is 0.263 e. The van der Waals surface area contributed by atoms with Crippen LogP contribution in [0.1, 0.15) is 24.1 Å². The quantitative estimate of drug-likeness (QED) is 0.511. The number of ether oxygens (including phenoxy) is 4. The van der Waals surface area contributed by atoms with Crippen LogP contribution in [0.25, 0.3) is 0 Å². The molecule has 0 aromatic heterocycles. The fourth-order valence-corrected chi connectivity index (χ4v) is 2.90. The summed E-state index contributed by atoms with van der Waals surface area (Å²) in [5.41, 5.74) is 1.74. The molecule has 1 unspecified atom stereocenters. The molecular formula is C22H23N3O5. The Bertz CT molecular complexity index is 997. The molecule has 2 N–H and O–H groups in total. The van der Waals surface area contributed by atoms with Gasteiger partial charge in [0, 0.05) is 18.8 Å². The Morgan fingerprint density at radius 3 is 2.67 bits per heavy atom. The number of nitrogens with one attached hydrogen (secondary N) is 2. The van der Waals surface area contributed by atoms with Crippen molar-refractivity contribution in [2.24, 2.45) is 0 Å². The highest BCUT2D eigenvalue weighted by atomic mass is 16.7. The Labute approximate surface area is 175 Å². The Morgan fingerprint density at radius 1 is 1.17 bits per heavy atom. The molecule has 1 amide bonds. The number of rotatable bonds is 8. The summed E-state index contributed by atoms with van der Waals surface area (Å²) in [6, 6.07) is 12.7. The summed E-state index contributed by atoms with van der Waals surface area (Å²) in [5.74, 6) is 2.08. The van der Waals surface area contributed by atoms with E-state index in [1.165, 1.54) is 6.20 Å². The highest BCUT2D eigenvalue weighted by Crippen LogP contribution is 2.32. The molecule has 8 nitrogen and oxygen atoms in total. The highest BCUT2D eigenvalue weighted by Gasteiger charge is 2.15. The van der Waals surface area contributed by atoms with Gasteiger partial charge in [0.05, 0.1) is 14.2 Å². The minimum atomic E-state index is -0.470. The van der Waals surface area contributed by atoms with Crippen LogP contribution < -0.4 is 29.6 Å². The molecule has 0 radical (unpaired) electrons. The number of nitriles is 1. The average Bonchev–Trinajstić information content (AvgIpc) is 3.25. The maximum absolute atomic E-state index is 12.4. The van der Waals surface area contributed by atoms with E-state index in [0.29, 0.717) is 23.0 Å². The van der Waals surface area contributed by atoms with Gasteiger partial charge in [0.25, 0.3) is 5.91 Å². The van der Waals surface area contributed by atoms with Gasteiger partial charge in [-0.25, -0.2) is 0 Å². The molecule has 1 atom stereocenters. The normalized spacial score (nSPS) is 13.2. The molecule has 156 valence electrons. The van der Waals surface area contributed by atoms with Crippen molar-refractivity contribution in [3.63, 3.8) is 0 Å². The summed E-state index contributed by atoms with van der Waals surface area (Å²) in [7, 11) is 3.14. The van der Waals surface area contributed by atoms with Gasteiger partial charge in [0.15, 0.2) is 23.0 Å². The number of carbonyl (C=O) groups is 1. The minimum absolute atomic E-state index is 0.0249. The van der Waals surface area contributed by atoms with E-state index >= 15 is 0 Å². The molecule has 2 aromatic rings. The summed E-state index contributed by atoms with van der Waals surface area (Å²) in [4.78, 5) is 12.4. The van der Waals surface area contributed by atoms with Crippen LogP contribution in [-0.2, 0) is 11.3 Å². The first-order valence-electron chi connectivity index (χ1n) is 9.30. The molecule has 0 saturated carbocycles. The Kier molecular flexibility index (Phi) is 6.65. The lowest BCUT2D eigenvalue weighted by Gasteiger charge is -2.15. The first-order chi connectivity index (χ1) is 14.5. The number of methoxy groups -OCH3 is 2. The van der Waals surface area contributed by atoms with Crippen molar-refractivity contribution in [1.29, 1.82) is 5.26 Å². The van der Waals surface area contributed by atoms with Crippen molar-refractivity contribution >= 4 is 5.91 Å². The van der Waals surface area contributed by atoms with Crippen LogP contribution in [0.3, 0.4) is 0 Å². The van der Waals surface area contributed by atoms with E-state index in [0.717, 1.165) is 11.1 Å². The van der Waals surface area contributed by atoms with Crippen molar-refractivity contribution in [2.75, 3.05) is 21.0 Å². The monoisotopic (exact) mass is 409 g/mol. The summed E-state index contributed by atoms with van der Waals surface area (Å²) in [6.45, 7) is 2.37. The van der Waals surface area contributed by atoms with E-state index in [1.807, 2.05) is 31.2 Å². The molecule has 0 aliphatic carbocycles. The minimum Gasteiger partial charge on any atom is -0.493 e. The van der Waals surface area contributed by atoms with Gasteiger partial charge in [-0.05, 0) is 42.3 Å². The van der Waals surface area contributed by atoms with Crippen molar-refractivity contribution in [3.8, 4) is 29.1 Å². The molecule has 0 fully saturated rings. The van der Waals surface area contributed by atoms with E-state index in [1.54, 1.807) is 32.4 Å². The van der Waals surface area contributed by atoms with Gasteiger partial charge in [0.2, 0.25) is 6.79 Å². The topological polar surface area (TPSA) is 102 Å². The van der Waals surface area contributed by atoms with Gasteiger partial charge >= 0.3 is 0 Å². The first kappa shape index (κ1) is 20.9. The first-order valence-corrected chi connectivity index (χ1v) is 9.30. The zero-order chi connectivity index (χ0) is 21.5. The van der Waals surface area contributed by atoms with Crippen molar-refractivity contribution in [1.82, 2.24) is 10.6 Å². The zero-order valence-corrected chi connectivity index (χ0v) is 17.0. The molecular weight excluding hydrogens is 386 g/mol. The third-order valence-corrected chi connectivity index (χ3v) is 4.64. The van der Waals surface area contributed by atoms with Crippen LogP contribution in [0.4, 0.5) is 0 Å². The summed E-state index contributed by atoms with van der Waals surface area (Å²) in [5, 5.41) is 15.2. The van der Waals surface area contributed by atoms with Crippen molar-refractivity contribution in [3.05, 3.63) is 59.3 Å². The average molecular weight is 409 g/mol. The third-order valence-electron chi connectivity index (χ3n) is 4.64. The lowest BCUT2D eigenvalue weighted by atomic mass is 10.1. The molecule has 0 saturated heterocycles. The van der Waals surface area contributed by atoms with Crippen LogP contribution in [-0.4, -0.2) is 26.9 Å². The summed E-state index contributed by atoms with van der Waals surface area (Å²) < 4.78 is 21.1. The second kappa shape index (κ2) is 9.56. The van der Waals surface area contributed by atoms with Gasteiger partial charge in [-0.2, -0.15) is 5.26 Å². The highest BCUT2D eigenvalue weighted by molar-refractivity contribution is 5.97. The molecule has 1 heterocycles. The number of nitrogens with zero attached hydrogens (tertiary/aromatic N) is 1. The number of carbonyl (C=O) groups excluding carboxylic acids is 1. The van der Waals surface area contributed by atoms with Crippen LogP contribution in [0.2, 0.25) is 0 Å². The van der Waals surface area contributed by atoms with Crippen LogP contribution in [0.15, 0.2) is 48.2 Å². The van der Waals surface area contributed by atoms with E-state index in [-0.39, 0.29) is 25.0 Å². The standard InChI is InChI=1S/C22H23N3O5/c1-14(16-5-7-18(27-2)20(9-16)28-3)24-12-17(10-23)22(26)25-11-15-4-6-19-21(8-15)30-13-29-19/h4-9,12,14,24H,11,13H2,1-3H3,(H,25,26)/b17-12-. The number of hydrogen-bond acceptors (Lipinski definition) is 7. The second-order valence-electron chi connectivity index (χ2n) is 6.54. The van der Waals surface area contributed by atoms with E-state index in [9.17, 15) is 10.1 Å². The number of fused-ring (bicyclic) bond motifs is 1. The fraction of sp³-hybridized carbons (Fsp3) is 0.273. The summed E-state index contributed by atoms with van der Waals surface area (Å²) in [6.07, 6.45) is 1.41. The maximum atomic E-state index is 12.4. The Hall–Kier alpha value is -3.86. The fourth-order valence-electron chi connectivity index (χ4n) is 2.90. The third kappa shape index (κ3) is 4.75. The van der Waals surface area contributed by atoms with Gasteiger partial charge in [-0.15, -0.1) is 0 Å². The lowest BCUT2D eigenvalue weighted by Crippen LogP contribution is -2.25. The van der Waals surface area contributed by atoms with Crippen molar-refractivity contribution < 1.29 is 23.7 Å². The Balaban J connectivity index is 1.60. The maximum Gasteiger partial charge on any atom is 0.263 e. The van der Waals surface area contributed by atoms with Crippen molar-refractivity contribution in [2.45, 2.75) is 19.5 Å². The van der Waals surface area contributed by atoms with Gasteiger partial charge in [-0.3, -0.25) is 4.79 Å². The number of amides is 1. The zero-order valence-electron chi connectivity index (χ0n) is 17.0. The van der Waals surface area contributed by atoms with Crippen LogP contribution >= 0.6 is 0 Å². The van der Waals surface area contributed by atoms with Gasteiger partial charge < -0.3 is 29.6 Å². The molecule has 2 aromatic carbocycles. The molecule has 3 rings (SSSR count). The Morgan fingerprint density at radius 2 is 1.93 bits per heavy atom.